The highest BCUT2D eigenvalue weighted by Crippen LogP contribution is 2.43. The smallest absolute Gasteiger partial charge is 0.262 e. The molecule has 2 aromatic carbocycles. The van der Waals surface area contributed by atoms with E-state index in [1.807, 2.05) is 43.0 Å². The normalized spacial score (nSPS) is 19.8. The number of benzene rings is 2. The van der Waals surface area contributed by atoms with Crippen molar-refractivity contribution in [3.8, 4) is 34.3 Å². The van der Waals surface area contributed by atoms with Crippen molar-refractivity contribution in [2.75, 3.05) is 12.0 Å². The van der Waals surface area contributed by atoms with Gasteiger partial charge in [-0.05, 0) is 63.4 Å². The summed E-state index contributed by atoms with van der Waals surface area (Å²) in [4.78, 5) is 19.1. The maximum Gasteiger partial charge on any atom is 0.262 e. The van der Waals surface area contributed by atoms with E-state index in [2.05, 4.69) is 10.1 Å². The number of aromatic nitrogens is 2. The topological polar surface area (TPSA) is 77.7 Å². The number of anilines is 1. The van der Waals surface area contributed by atoms with Gasteiger partial charge < -0.3 is 18.9 Å². The average molecular weight is 454 g/mol. The molecule has 7 nitrogen and oxygen atoms in total. The molecular formula is C24H24ClN3O4. The summed E-state index contributed by atoms with van der Waals surface area (Å²) < 4.78 is 16.8. The monoisotopic (exact) mass is 453 g/mol. The van der Waals surface area contributed by atoms with Crippen molar-refractivity contribution in [1.82, 2.24) is 10.1 Å². The van der Waals surface area contributed by atoms with E-state index >= 15 is 0 Å². The van der Waals surface area contributed by atoms with Gasteiger partial charge in [0.25, 0.3) is 5.89 Å². The molecule has 3 aromatic rings. The molecule has 1 saturated heterocycles. The van der Waals surface area contributed by atoms with Crippen LogP contribution in [0.3, 0.4) is 0 Å². The number of hydrogen-bond donors (Lipinski definition) is 0. The molecule has 0 radical (unpaired) electrons. The number of fused-ring (bicyclic) bond motifs is 2. The van der Waals surface area contributed by atoms with Crippen LogP contribution in [0.2, 0.25) is 5.02 Å². The highest BCUT2D eigenvalue weighted by molar-refractivity contribution is 6.32. The summed E-state index contributed by atoms with van der Waals surface area (Å²) >= 11 is 6.35. The van der Waals surface area contributed by atoms with E-state index in [-0.39, 0.29) is 24.0 Å². The molecule has 0 N–H and O–H groups in total. The zero-order chi connectivity index (χ0) is 22.4. The van der Waals surface area contributed by atoms with Gasteiger partial charge in [-0.1, -0.05) is 16.8 Å². The molecule has 1 amide bonds. The maximum absolute atomic E-state index is 12.6. The largest absolute Gasteiger partial charge is 0.496 e. The molecule has 2 aliphatic rings. The summed E-state index contributed by atoms with van der Waals surface area (Å²) in [6.45, 7) is 3.89. The standard InChI is InChI=1S/C24H24ClN3O4/c1-13(2)31-20-9-5-14(11-19(20)25)22-26-23(32-27-22)18-8-7-17(12-21(18)30-3)28-16-6-4-15(10-16)24(28)29/h5,7-9,11-13,15-16H,4,6,10H2,1-3H3/t15-,16+/m0/s1. The van der Waals surface area contributed by atoms with Crippen LogP contribution in [0.5, 0.6) is 11.5 Å². The minimum absolute atomic E-state index is 0.0246. The Labute approximate surface area is 191 Å². The van der Waals surface area contributed by atoms with Gasteiger partial charge in [0.2, 0.25) is 11.7 Å². The Morgan fingerprint density at radius 1 is 1.16 bits per heavy atom. The van der Waals surface area contributed by atoms with Gasteiger partial charge in [0.05, 0.1) is 23.8 Å². The fourth-order valence-electron chi connectivity index (χ4n) is 4.58. The number of nitrogens with zero attached hydrogens (tertiary/aromatic N) is 3. The summed E-state index contributed by atoms with van der Waals surface area (Å²) in [6, 6.07) is 11.3. The second-order valence-electron chi connectivity index (χ2n) is 8.49. The highest BCUT2D eigenvalue weighted by Gasteiger charge is 2.45. The van der Waals surface area contributed by atoms with E-state index in [0.717, 1.165) is 30.5 Å². The van der Waals surface area contributed by atoms with Crippen LogP contribution in [0.1, 0.15) is 33.1 Å². The summed E-state index contributed by atoms with van der Waals surface area (Å²) in [7, 11) is 1.59. The molecule has 1 aliphatic carbocycles. The van der Waals surface area contributed by atoms with Crippen molar-refractivity contribution >= 4 is 23.2 Å². The molecule has 5 rings (SSSR count). The summed E-state index contributed by atoms with van der Waals surface area (Å²) in [5.41, 5.74) is 2.23. The lowest BCUT2D eigenvalue weighted by molar-refractivity contribution is -0.121. The van der Waals surface area contributed by atoms with Crippen LogP contribution in [0.15, 0.2) is 40.9 Å². The van der Waals surface area contributed by atoms with E-state index < -0.39 is 0 Å². The first-order valence-corrected chi connectivity index (χ1v) is 11.1. The molecule has 2 heterocycles. The Balaban J connectivity index is 1.43. The first-order valence-electron chi connectivity index (χ1n) is 10.8. The summed E-state index contributed by atoms with van der Waals surface area (Å²) in [6.07, 6.45) is 3.02. The van der Waals surface area contributed by atoms with Crippen molar-refractivity contribution in [1.29, 1.82) is 0 Å². The third kappa shape index (κ3) is 3.60. The maximum atomic E-state index is 12.6. The Morgan fingerprint density at radius 2 is 2.00 bits per heavy atom. The minimum atomic E-state index is 0.0246. The van der Waals surface area contributed by atoms with E-state index in [9.17, 15) is 4.79 Å². The average Bonchev–Trinajstić information content (AvgIpc) is 3.51. The van der Waals surface area contributed by atoms with Crippen LogP contribution in [0, 0.1) is 5.92 Å². The van der Waals surface area contributed by atoms with E-state index in [0.29, 0.717) is 33.8 Å². The summed E-state index contributed by atoms with van der Waals surface area (Å²) in [5.74, 6) is 2.29. The van der Waals surface area contributed by atoms with Gasteiger partial charge in [-0.2, -0.15) is 4.98 Å². The van der Waals surface area contributed by atoms with Gasteiger partial charge in [0.1, 0.15) is 11.5 Å². The van der Waals surface area contributed by atoms with E-state index in [1.165, 1.54) is 0 Å². The first kappa shape index (κ1) is 20.8. The molecule has 2 bridgehead atoms. The number of halogens is 1. The van der Waals surface area contributed by atoms with Crippen LogP contribution < -0.4 is 14.4 Å². The van der Waals surface area contributed by atoms with Crippen molar-refractivity contribution in [2.45, 2.75) is 45.3 Å². The molecule has 32 heavy (non-hydrogen) atoms. The highest BCUT2D eigenvalue weighted by atomic mass is 35.5. The van der Waals surface area contributed by atoms with Gasteiger partial charge in [-0.25, -0.2) is 0 Å². The van der Waals surface area contributed by atoms with E-state index in [1.54, 1.807) is 19.2 Å². The predicted octanol–water partition coefficient (Wildman–Crippen LogP) is 5.37. The van der Waals surface area contributed by atoms with Crippen LogP contribution in [-0.4, -0.2) is 35.3 Å². The van der Waals surface area contributed by atoms with Crippen molar-refractivity contribution in [2.24, 2.45) is 5.92 Å². The van der Waals surface area contributed by atoms with Crippen LogP contribution in [0.25, 0.3) is 22.8 Å². The Hall–Kier alpha value is -3.06. The molecule has 1 saturated carbocycles. The van der Waals surface area contributed by atoms with E-state index in [4.69, 9.17) is 25.6 Å². The van der Waals surface area contributed by atoms with Gasteiger partial charge in [-0.3, -0.25) is 4.79 Å². The van der Waals surface area contributed by atoms with Gasteiger partial charge >= 0.3 is 0 Å². The molecule has 0 unspecified atom stereocenters. The summed E-state index contributed by atoms with van der Waals surface area (Å²) in [5, 5.41) is 4.59. The number of piperidine rings is 1. The van der Waals surface area contributed by atoms with Gasteiger partial charge in [0, 0.05) is 29.3 Å². The third-order valence-corrected chi connectivity index (χ3v) is 6.32. The second kappa shape index (κ2) is 8.13. The molecule has 8 heteroatoms. The number of methoxy groups -OCH3 is 1. The molecule has 0 spiro atoms. The van der Waals surface area contributed by atoms with Crippen molar-refractivity contribution in [3.63, 3.8) is 0 Å². The lowest BCUT2D eigenvalue weighted by Crippen LogP contribution is -2.36. The first-order chi connectivity index (χ1) is 15.4. The molecule has 1 aromatic heterocycles. The Kier molecular flexibility index (Phi) is 5.29. The Morgan fingerprint density at radius 3 is 2.69 bits per heavy atom. The Bertz CT molecular complexity index is 1180. The van der Waals surface area contributed by atoms with Crippen molar-refractivity contribution < 1.29 is 18.8 Å². The zero-order valence-corrected chi connectivity index (χ0v) is 18.9. The van der Waals surface area contributed by atoms with Gasteiger partial charge in [-0.15, -0.1) is 0 Å². The third-order valence-electron chi connectivity index (χ3n) is 6.03. The molecule has 2 fully saturated rings. The molecule has 1 aliphatic heterocycles. The lowest BCUT2D eigenvalue weighted by atomic mass is 10.1. The van der Waals surface area contributed by atoms with Gasteiger partial charge in [0.15, 0.2) is 0 Å². The van der Waals surface area contributed by atoms with Crippen LogP contribution in [-0.2, 0) is 4.79 Å². The lowest BCUT2D eigenvalue weighted by Gasteiger charge is -2.27. The fourth-order valence-corrected chi connectivity index (χ4v) is 4.80. The number of amides is 1. The van der Waals surface area contributed by atoms with Crippen LogP contribution in [0.4, 0.5) is 5.69 Å². The SMILES string of the molecule is COc1cc(N2C(=O)[C@H]3CC[C@@H]2C3)ccc1-c1nc(-c2ccc(OC(C)C)c(Cl)c2)no1. The second-order valence-corrected chi connectivity index (χ2v) is 8.90. The number of ether oxygens (including phenoxy) is 2. The number of carbonyl (C=O) groups excluding carboxylic acids is 1. The number of carbonyl (C=O) groups is 1. The number of hydrogen-bond acceptors (Lipinski definition) is 6. The molecule has 166 valence electrons. The number of rotatable bonds is 6. The molecule has 2 atom stereocenters. The fraction of sp³-hybridized carbons (Fsp3) is 0.375. The van der Waals surface area contributed by atoms with Crippen LogP contribution >= 0.6 is 11.6 Å². The minimum Gasteiger partial charge on any atom is -0.496 e. The quantitative estimate of drug-likeness (QED) is 0.499. The van der Waals surface area contributed by atoms with Crippen molar-refractivity contribution in [3.05, 3.63) is 41.4 Å². The molecular weight excluding hydrogens is 430 g/mol. The zero-order valence-electron chi connectivity index (χ0n) is 18.2. The predicted molar refractivity (Wildman–Crippen MR) is 121 cm³/mol.